The van der Waals surface area contributed by atoms with E-state index in [2.05, 4.69) is 16.3 Å². The lowest BCUT2D eigenvalue weighted by molar-refractivity contribution is 0.238. The lowest BCUT2D eigenvalue weighted by atomic mass is 10.1. The van der Waals surface area contributed by atoms with Gasteiger partial charge in [0.1, 0.15) is 0 Å². The summed E-state index contributed by atoms with van der Waals surface area (Å²) in [7, 11) is 0. The number of aliphatic hydroxyl groups is 1. The number of aliphatic hydroxyl groups excluding tert-OH is 1. The Morgan fingerprint density at radius 1 is 1.32 bits per heavy atom. The third-order valence-corrected chi connectivity index (χ3v) is 4.48. The molecule has 1 aromatic carbocycles. The highest BCUT2D eigenvalue weighted by molar-refractivity contribution is 6.31. The van der Waals surface area contributed by atoms with Crippen LogP contribution in [0.25, 0.3) is 0 Å². The van der Waals surface area contributed by atoms with Crippen molar-refractivity contribution in [2.24, 2.45) is 5.92 Å². The third-order valence-electron chi connectivity index (χ3n) is 4.12. The van der Waals surface area contributed by atoms with Gasteiger partial charge in [0.2, 0.25) is 0 Å². The SMILES string of the molecule is OCC1CCN(c2cccc(Cl)c2CNC2CC2)C1. The Morgan fingerprint density at radius 2 is 2.16 bits per heavy atom. The van der Waals surface area contributed by atoms with Crippen LogP contribution in [0.3, 0.4) is 0 Å². The van der Waals surface area contributed by atoms with Crippen LogP contribution in [0.4, 0.5) is 5.69 Å². The van der Waals surface area contributed by atoms with Crippen molar-refractivity contribution >= 4 is 17.3 Å². The van der Waals surface area contributed by atoms with Gasteiger partial charge in [-0.3, -0.25) is 0 Å². The lowest BCUT2D eigenvalue weighted by Crippen LogP contribution is -2.24. The van der Waals surface area contributed by atoms with E-state index in [1.54, 1.807) is 0 Å². The number of nitrogens with zero attached hydrogens (tertiary/aromatic N) is 1. The van der Waals surface area contributed by atoms with Gasteiger partial charge in [-0.05, 0) is 31.4 Å². The number of hydrogen-bond donors (Lipinski definition) is 2. The second-order valence-corrected chi connectivity index (χ2v) is 6.08. The first-order valence-electron chi connectivity index (χ1n) is 7.14. The molecule has 1 saturated heterocycles. The molecule has 2 N–H and O–H groups in total. The fourth-order valence-corrected chi connectivity index (χ4v) is 2.99. The fraction of sp³-hybridized carbons (Fsp3) is 0.600. The Morgan fingerprint density at radius 3 is 2.84 bits per heavy atom. The van der Waals surface area contributed by atoms with Crippen molar-refractivity contribution in [3.8, 4) is 0 Å². The minimum Gasteiger partial charge on any atom is -0.396 e. The predicted octanol–water partition coefficient (Wildman–Crippen LogP) is 2.41. The van der Waals surface area contributed by atoms with E-state index < -0.39 is 0 Å². The van der Waals surface area contributed by atoms with E-state index in [9.17, 15) is 5.11 Å². The summed E-state index contributed by atoms with van der Waals surface area (Å²) in [5.74, 6) is 0.406. The molecule has 0 amide bonds. The zero-order valence-corrected chi connectivity index (χ0v) is 11.9. The Bertz CT molecular complexity index is 448. The second-order valence-electron chi connectivity index (χ2n) is 5.68. The van der Waals surface area contributed by atoms with Gasteiger partial charge in [-0.15, -0.1) is 0 Å². The Labute approximate surface area is 119 Å². The largest absolute Gasteiger partial charge is 0.396 e. The molecule has 3 nitrogen and oxygen atoms in total. The number of hydrogen-bond acceptors (Lipinski definition) is 3. The van der Waals surface area contributed by atoms with Crippen LogP contribution in [-0.4, -0.2) is 30.8 Å². The van der Waals surface area contributed by atoms with Crippen molar-refractivity contribution < 1.29 is 5.11 Å². The van der Waals surface area contributed by atoms with Crippen LogP contribution in [-0.2, 0) is 6.54 Å². The van der Waals surface area contributed by atoms with Gasteiger partial charge in [0, 0.05) is 54.5 Å². The second kappa shape index (κ2) is 5.70. The average molecular weight is 281 g/mol. The van der Waals surface area contributed by atoms with Crippen LogP contribution in [0.1, 0.15) is 24.8 Å². The van der Waals surface area contributed by atoms with Crippen molar-refractivity contribution in [1.29, 1.82) is 0 Å². The van der Waals surface area contributed by atoms with Crippen molar-refractivity contribution in [3.05, 3.63) is 28.8 Å². The zero-order valence-electron chi connectivity index (χ0n) is 11.1. The molecule has 104 valence electrons. The molecule has 1 aliphatic heterocycles. The molecule has 4 heteroatoms. The molecule has 0 aromatic heterocycles. The molecule has 19 heavy (non-hydrogen) atoms. The molecule has 0 spiro atoms. The molecular formula is C15H21ClN2O. The molecular weight excluding hydrogens is 260 g/mol. The number of rotatable bonds is 5. The van der Waals surface area contributed by atoms with Crippen LogP contribution in [0.15, 0.2) is 18.2 Å². The van der Waals surface area contributed by atoms with Gasteiger partial charge >= 0.3 is 0 Å². The first kappa shape index (κ1) is 13.2. The molecule has 1 unspecified atom stereocenters. The molecule has 3 rings (SSSR count). The minimum atomic E-state index is 0.284. The highest BCUT2D eigenvalue weighted by Crippen LogP contribution is 2.32. The number of halogens is 1. The summed E-state index contributed by atoms with van der Waals surface area (Å²) in [5.41, 5.74) is 2.44. The standard InChI is InChI=1S/C15H21ClN2O/c16-14-2-1-3-15(13(14)8-17-12-4-5-12)18-7-6-11(9-18)10-19/h1-3,11-12,17,19H,4-10H2. The van der Waals surface area contributed by atoms with Crippen LogP contribution in [0.2, 0.25) is 5.02 Å². The van der Waals surface area contributed by atoms with Gasteiger partial charge in [-0.2, -0.15) is 0 Å². The predicted molar refractivity (Wildman–Crippen MR) is 78.7 cm³/mol. The van der Waals surface area contributed by atoms with Gasteiger partial charge in [0.05, 0.1) is 0 Å². The maximum Gasteiger partial charge on any atom is 0.0476 e. The molecule has 1 atom stereocenters. The maximum absolute atomic E-state index is 9.27. The first-order valence-corrected chi connectivity index (χ1v) is 7.52. The highest BCUT2D eigenvalue weighted by atomic mass is 35.5. The quantitative estimate of drug-likeness (QED) is 0.869. The van der Waals surface area contributed by atoms with Crippen LogP contribution >= 0.6 is 11.6 Å². The average Bonchev–Trinajstić information content (AvgIpc) is 3.12. The summed E-state index contributed by atoms with van der Waals surface area (Å²) >= 11 is 6.37. The zero-order chi connectivity index (χ0) is 13.2. The van der Waals surface area contributed by atoms with Gasteiger partial charge in [-0.25, -0.2) is 0 Å². The van der Waals surface area contributed by atoms with Crippen LogP contribution in [0, 0.1) is 5.92 Å². The summed E-state index contributed by atoms with van der Waals surface area (Å²) in [4.78, 5) is 2.36. The summed E-state index contributed by atoms with van der Waals surface area (Å²) in [6.45, 7) is 3.09. The van der Waals surface area contributed by atoms with Crippen molar-refractivity contribution in [2.75, 3.05) is 24.6 Å². The molecule has 1 saturated carbocycles. The van der Waals surface area contributed by atoms with Crippen molar-refractivity contribution in [1.82, 2.24) is 5.32 Å². The van der Waals surface area contributed by atoms with Crippen LogP contribution < -0.4 is 10.2 Å². The van der Waals surface area contributed by atoms with Gasteiger partial charge < -0.3 is 15.3 Å². The van der Waals surface area contributed by atoms with Crippen molar-refractivity contribution in [3.63, 3.8) is 0 Å². The Kier molecular flexibility index (Phi) is 3.96. The summed E-state index contributed by atoms with van der Waals surface area (Å²) in [5, 5.41) is 13.7. The van der Waals surface area contributed by atoms with E-state index in [1.165, 1.54) is 24.1 Å². The van der Waals surface area contributed by atoms with Gasteiger partial charge in [0.25, 0.3) is 0 Å². The number of anilines is 1. The number of nitrogens with one attached hydrogen (secondary N) is 1. The van der Waals surface area contributed by atoms with Crippen molar-refractivity contribution in [2.45, 2.75) is 31.8 Å². The Hall–Kier alpha value is -0.770. The molecule has 0 bridgehead atoms. The van der Waals surface area contributed by atoms with Gasteiger partial charge in [0.15, 0.2) is 0 Å². The van der Waals surface area contributed by atoms with E-state index in [0.29, 0.717) is 12.0 Å². The first-order chi connectivity index (χ1) is 9.28. The summed E-state index contributed by atoms with van der Waals surface area (Å²) in [6.07, 6.45) is 3.64. The minimum absolute atomic E-state index is 0.284. The van der Waals surface area contributed by atoms with E-state index in [-0.39, 0.29) is 6.61 Å². The topological polar surface area (TPSA) is 35.5 Å². The highest BCUT2D eigenvalue weighted by Gasteiger charge is 2.25. The third kappa shape index (κ3) is 3.04. The van der Waals surface area contributed by atoms with Crippen LogP contribution in [0.5, 0.6) is 0 Å². The van der Waals surface area contributed by atoms with E-state index in [1.807, 2.05) is 12.1 Å². The van der Waals surface area contributed by atoms with E-state index >= 15 is 0 Å². The molecule has 1 heterocycles. The molecule has 2 aliphatic rings. The van der Waals surface area contributed by atoms with Gasteiger partial charge in [-0.1, -0.05) is 17.7 Å². The maximum atomic E-state index is 9.27. The monoisotopic (exact) mass is 280 g/mol. The Balaban J connectivity index is 1.77. The normalized spacial score (nSPS) is 23.1. The molecule has 1 aromatic rings. The van der Waals surface area contributed by atoms with E-state index in [0.717, 1.165) is 31.1 Å². The summed E-state index contributed by atoms with van der Waals surface area (Å²) in [6, 6.07) is 6.82. The molecule has 2 fully saturated rings. The van der Waals surface area contributed by atoms with E-state index in [4.69, 9.17) is 11.6 Å². The number of benzene rings is 1. The summed E-state index contributed by atoms with van der Waals surface area (Å²) < 4.78 is 0. The lowest BCUT2D eigenvalue weighted by Gasteiger charge is -2.23. The molecule has 0 radical (unpaired) electrons. The molecule has 1 aliphatic carbocycles. The smallest absolute Gasteiger partial charge is 0.0476 e. The fourth-order valence-electron chi connectivity index (χ4n) is 2.75.